The third-order valence-corrected chi connectivity index (χ3v) is 3.43. The highest BCUT2D eigenvalue weighted by molar-refractivity contribution is 14.1. The van der Waals surface area contributed by atoms with E-state index in [0.717, 1.165) is 9.84 Å². The molecule has 1 unspecified atom stereocenters. The Hall–Kier alpha value is 0.690. The third-order valence-electron chi connectivity index (χ3n) is 2.41. The standard InChI is InChI=1S/C8H15IO/c1-6(9)7-3-4-8(5-7)10-2/h6-8H,3-5H2,1-2H3/t6?,7-,8+/m0/s1. The molecule has 0 N–H and O–H groups in total. The summed E-state index contributed by atoms with van der Waals surface area (Å²) in [6.45, 7) is 2.29. The van der Waals surface area contributed by atoms with Crippen LogP contribution in [0.2, 0.25) is 0 Å². The van der Waals surface area contributed by atoms with Crippen molar-refractivity contribution < 1.29 is 4.74 Å². The van der Waals surface area contributed by atoms with Crippen molar-refractivity contribution in [1.29, 1.82) is 0 Å². The Labute approximate surface area is 76.7 Å². The predicted molar refractivity (Wildman–Crippen MR) is 51.6 cm³/mol. The molecule has 0 aliphatic heterocycles. The van der Waals surface area contributed by atoms with Gasteiger partial charge in [0.25, 0.3) is 0 Å². The summed E-state index contributed by atoms with van der Waals surface area (Å²) >= 11 is 2.52. The summed E-state index contributed by atoms with van der Waals surface area (Å²) in [6, 6.07) is 0. The summed E-state index contributed by atoms with van der Waals surface area (Å²) in [7, 11) is 1.82. The highest BCUT2D eigenvalue weighted by atomic mass is 127. The second-order valence-corrected chi connectivity index (χ2v) is 5.07. The molecule has 60 valence electrons. The SMILES string of the molecule is CO[C@@H]1CC[C@H](C(C)I)C1. The quantitative estimate of drug-likeness (QED) is 0.543. The molecule has 0 radical (unpaired) electrons. The molecule has 0 saturated heterocycles. The summed E-state index contributed by atoms with van der Waals surface area (Å²) in [5.41, 5.74) is 0. The minimum atomic E-state index is 0.558. The fourth-order valence-corrected chi connectivity index (χ4v) is 2.26. The van der Waals surface area contributed by atoms with E-state index in [1.807, 2.05) is 7.11 Å². The molecule has 0 spiro atoms. The Balaban J connectivity index is 2.28. The van der Waals surface area contributed by atoms with E-state index in [4.69, 9.17) is 4.74 Å². The van der Waals surface area contributed by atoms with E-state index in [-0.39, 0.29) is 0 Å². The minimum absolute atomic E-state index is 0.558. The molecule has 0 aromatic heterocycles. The largest absolute Gasteiger partial charge is 0.381 e. The minimum Gasteiger partial charge on any atom is -0.381 e. The second kappa shape index (κ2) is 3.90. The molecule has 1 saturated carbocycles. The van der Waals surface area contributed by atoms with Gasteiger partial charge in [0.2, 0.25) is 0 Å². The van der Waals surface area contributed by atoms with Crippen LogP contribution in [-0.2, 0) is 4.74 Å². The van der Waals surface area contributed by atoms with Gasteiger partial charge in [-0.3, -0.25) is 0 Å². The van der Waals surface area contributed by atoms with Crippen molar-refractivity contribution >= 4 is 22.6 Å². The fourth-order valence-electron chi connectivity index (χ4n) is 1.60. The van der Waals surface area contributed by atoms with Crippen LogP contribution < -0.4 is 0 Å². The third kappa shape index (κ3) is 2.09. The lowest BCUT2D eigenvalue weighted by Gasteiger charge is -2.11. The van der Waals surface area contributed by atoms with E-state index < -0.39 is 0 Å². The van der Waals surface area contributed by atoms with Crippen LogP contribution in [0.15, 0.2) is 0 Å². The Morgan fingerprint density at radius 3 is 2.50 bits per heavy atom. The van der Waals surface area contributed by atoms with E-state index in [2.05, 4.69) is 29.5 Å². The number of alkyl halides is 1. The first-order valence-corrected chi connectivity index (χ1v) is 5.15. The van der Waals surface area contributed by atoms with Gasteiger partial charge in [0.05, 0.1) is 6.10 Å². The molecule has 1 nitrogen and oxygen atoms in total. The first-order chi connectivity index (χ1) is 4.74. The molecule has 0 aromatic carbocycles. The van der Waals surface area contributed by atoms with Gasteiger partial charge in [-0.05, 0) is 25.2 Å². The topological polar surface area (TPSA) is 9.23 Å². The van der Waals surface area contributed by atoms with Crippen LogP contribution in [0.1, 0.15) is 26.2 Å². The number of hydrogen-bond donors (Lipinski definition) is 0. The van der Waals surface area contributed by atoms with Crippen molar-refractivity contribution in [2.24, 2.45) is 5.92 Å². The van der Waals surface area contributed by atoms with Crippen LogP contribution in [0.25, 0.3) is 0 Å². The molecule has 1 rings (SSSR count). The highest BCUT2D eigenvalue weighted by Crippen LogP contribution is 2.32. The molecule has 3 atom stereocenters. The molecule has 0 heterocycles. The molecular formula is C8H15IO. The number of rotatable bonds is 2. The maximum absolute atomic E-state index is 5.29. The van der Waals surface area contributed by atoms with E-state index >= 15 is 0 Å². The van der Waals surface area contributed by atoms with E-state index in [1.54, 1.807) is 0 Å². The van der Waals surface area contributed by atoms with Gasteiger partial charge in [-0.15, -0.1) is 0 Å². The second-order valence-electron chi connectivity index (χ2n) is 3.11. The van der Waals surface area contributed by atoms with Crippen molar-refractivity contribution in [2.75, 3.05) is 7.11 Å². The zero-order valence-electron chi connectivity index (χ0n) is 6.64. The summed E-state index contributed by atoms with van der Waals surface area (Å²) in [6.07, 6.45) is 4.47. The Morgan fingerprint density at radius 2 is 2.20 bits per heavy atom. The Kier molecular flexibility index (Phi) is 3.43. The monoisotopic (exact) mass is 254 g/mol. The summed E-state index contributed by atoms with van der Waals surface area (Å²) in [4.78, 5) is 0. The normalized spacial score (nSPS) is 36.3. The molecule has 0 amide bonds. The van der Waals surface area contributed by atoms with Gasteiger partial charge in [-0.2, -0.15) is 0 Å². The summed E-state index contributed by atoms with van der Waals surface area (Å²) in [5, 5.41) is 0. The summed E-state index contributed by atoms with van der Waals surface area (Å²) in [5.74, 6) is 0.908. The van der Waals surface area contributed by atoms with Gasteiger partial charge in [-0.25, -0.2) is 0 Å². The van der Waals surface area contributed by atoms with Crippen molar-refractivity contribution in [2.45, 2.75) is 36.2 Å². The number of hydrogen-bond acceptors (Lipinski definition) is 1. The molecule has 0 aromatic rings. The number of ether oxygens (including phenoxy) is 1. The number of halogens is 1. The highest BCUT2D eigenvalue weighted by Gasteiger charge is 2.26. The molecular weight excluding hydrogens is 239 g/mol. The molecule has 2 heteroatoms. The van der Waals surface area contributed by atoms with Crippen molar-refractivity contribution in [3.8, 4) is 0 Å². The van der Waals surface area contributed by atoms with Crippen LogP contribution in [0, 0.1) is 5.92 Å². The van der Waals surface area contributed by atoms with Gasteiger partial charge in [0, 0.05) is 11.0 Å². The van der Waals surface area contributed by atoms with Crippen LogP contribution in [0.5, 0.6) is 0 Å². The molecule has 1 aliphatic rings. The maximum atomic E-state index is 5.29. The van der Waals surface area contributed by atoms with E-state index in [0.29, 0.717) is 6.10 Å². The average molecular weight is 254 g/mol. The molecule has 0 bridgehead atoms. The van der Waals surface area contributed by atoms with Gasteiger partial charge in [0.1, 0.15) is 0 Å². The smallest absolute Gasteiger partial charge is 0.0574 e. The molecule has 10 heavy (non-hydrogen) atoms. The maximum Gasteiger partial charge on any atom is 0.0574 e. The predicted octanol–water partition coefficient (Wildman–Crippen LogP) is 2.63. The number of methoxy groups -OCH3 is 1. The first kappa shape index (κ1) is 8.78. The van der Waals surface area contributed by atoms with Crippen molar-refractivity contribution in [3.05, 3.63) is 0 Å². The van der Waals surface area contributed by atoms with E-state index in [1.165, 1.54) is 19.3 Å². The Bertz CT molecular complexity index is 103. The zero-order valence-corrected chi connectivity index (χ0v) is 8.80. The lowest BCUT2D eigenvalue weighted by Crippen LogP contribution is -2.09. The average Bonchev–Trinajstić information content (AvgIpc) is 2.34. The van der Waals surface area contributed by atoms with Crippen LogP contribution in [-0.4, -0.2) is 17.1 Å². The molecule has 1 aliphatic carbocycles. The lowest BCUT2D eigenvalue weighted by atomic mass is 10.1. The zero-order chi connectivity index (χ0) is 7.56. The van der Waals surface area contributed by atoms with Crippen LogP contribution in [0.3, 0.4) is 0 Å². The van der Waals surface area contributed by atoms with Crippen molar-refractivity contribution in [1.82, 2.24) is 0 Å². The van der Waals surface area contributed by atoms with Gasteiger partial charge < -0.3 is 4.74 Å². The molecule has 1 fully saturated rings. The van der Waals surface area contributed by atoms with E-state index in [9.17, 15) is 0 Å². The van der Waals surface area contributed by atoms with Crippen molar-refractivity contribution in [3.63, 3.8) is 0 Å². The lowest BCUT2D eigenvalue weighted by molar-refractivity contribution is 0.105. The Morgan fingerprint density at radius 1 is 1.50 bits per heavy atom. The van der Waals surface area contributed by atoms with Gasteiger partial charge in [-0.1, -0.05) is 29.5 Å². The van der Waals surface area contributed by atoms with Crippen LogP contribution in [0.4, 0.5) is 0 Å². The van der Waals surface area contributed by atoms with Gasteiger partial charge in [0.15, 0.2) is 0 Å². The van der Waals surface area contributed by atoms with Crippen LogP contribution >= 0.6 is 22.6 Å². The fraction of sp³-hybridized carbons (Fsp3) is 1.00. The summed E-state index contributed by atoms with van der Waals surface area (Å²) < 4.78 is 6.11. The first-order valence-electron chi connectivity index (χ1n) is 3.91. The van der Waals surface area contributed by atoms with Gasteiger partial charge >= 0.3 is 0 Å².